The molecule has 1 aliphatic carbocycles. The molecule has 0 unspecified atom stereocenters. The van der Waals surface area contributed by atoms with Crippen LogP contribution in [0.15, 0.2) is 24.5 Å². The molecule has 2 aromatic heterocycles. The molecule has 7 nitrogen and oxygen atoms in total. The van der Waals surface area contributed by atoms with Gasteiger partial charge in [0.2, 0.25) is 5.91 Å². The van der Waals surface area contributed by atoms with E-state index in [1.54, 1.807) is 24.4 Å². The molecule has 0 saturated heterocycles. The Hall–Kier alpha value is -2.83. The number of fused-ring (bicyclic) bond motifs is 1. The minimum atomic E-state index is -0.127. The summed E-state index contributed by atoms with van der Waals surface area (Å²) in [6, 6.07) is 4.26. The topological polar surface area (TPSA) is 70.6 Å². The number of pyridine rings is 2. The maximum atomic E-state index is 13.0. The predicted octanol–water partition coefficient (Wildman–Crippen LogP) is 4.04. The first-order valence-corrected chi connectivity index (χ1v) is 10.4. The number of rotatable bonds is 5. The molecule has 3 heterocycles. The van der Waals surface area contributed by atoms with Gasteiger partial charge >= 0.3 is 0 Å². The predicted molar refractivity (Wildman–Crippen MR) is 115 cm³/mol. The number of aromatic nitrogens is 2. The molecule has 1 aliphatic heterocycles. The third kappa shape index (κ3) is 3.50. The lowest BCUT2D eigenvalue weighted by molar-refractivity contribution is -0.120. The van der Waals surface area contributed by atoms with E-state index in [1.165, 1.54) is 12.8 Å². The highest BCUT2D eigenvalue weighted by Gasteiger charge is 2.40. The standard InChI is InChI=1S/C22H29N5O2/c1-5-16-22(28)26(3)18-13-23-20(11-17(18)27(16)15-8-6-7-9-15)25-21-19(29-4)10-14(2)12-24-21/h10-13,15-16H,5-9H2,1-4H3,(H,23,24,25)/t16-/m1/s1. The average Bonchev–Trinajstić information content (AvgIpc) is 3.26. The van der Waals surface area contributed by atoms with Crippen LogP contribution in [0.4, 0.5) is 23.0 Å². The summed E-state index contributed by atoms with van der Waals surface area (Å²) in [6.45, 7) is 4.07. The van der Waals surface area contributed by atoms with Crippen molar-refractivity contribution in [3.8, 4) is 5.75 Å². The van der Waals surface area contributed by atoms with Crippen molar-refractivity contribution in [2.24, 2.45) is 0 Å². The Kier molecular flexibility index (Phi) is 5.30. The lowest BCUT2D eigenvalue weighted by Gasteiger charge is -2.44. The van der Waals surface area contributed by atoms with Crippen LogP contribution in [0.1, 0.15) is 44.6 Å². The van der Waals surface area contributed by atoms with E-state index in [-0.39, 0.29) is 11.9 Å². The van der Waals surface area contributed by atoms with Gasteiger partial charge in [-0.3, -0.25) is 4.79 Å². The van der Waals surface area contributed by atoms with Gasteiger partial charge in [-0.25, -0.2) is 9.97 Å². The van der Waals surface area contributed by atoms with E-state index in [4.69, 9.17) is 4.74 Å². The molecule has 0 radical (unpaired) electrons. The molecule has 29 heavy (non-hydrogen) atoms. The highest BCUT2D eigenvalue weighted by atomic mass is 16.5. The summed E-state index contributed by atoms with van der Waals surface area (Å²) in [5.74, 6) is 2.15. The first kappa shape index (κ1) is 19.5. The summed E-state index contributed by atoms with van der Waals surface area (Å²) in [6.07, 6.45) is 9.07. The van der Waals surface area contributed by atoms with Gasteiger partial charge < -0.3 is 19.9 Å². The third-order valence-electron chi connectivity index (χ3n) is 6.01. The van der Waals surface area contributed by atoms with Crippen LogP contribution >= 0.6 is 0 Å². The summed E-state index contributed by atoms with van der Waals surface area (Å²) in [5, 5.41) is 3.29. The van der Waals surface area contributed by atoms with Gasteiger partial charge in [0.05, 0.1) is 24.7 Å². The monoisotopic (exact) mass is 395 g/mol. The van der Waals surface area contributed by atoms with Crippen LogP contribution in [0, 0.1) is 6.92 Å². The first-order valence-electron chi connectivity index (χ1n) is 10.4. The molecule has 2 aliphatic rings. The van der Waals surface area contributed by atoms with Crippen LogP contribution in [0.3, 0.4) is 0 Å². The number of carbonyl (C=O) groups is 1. The maximum Gasteiger partial charge on any atom is 0.249 e. The number of ether oxygens (including phenoxy) is 1. The third-order valence-corrected chi connectivity index (χ3v) is 6.01. The molecule has 1 saturated carbocycles. The number of likely N-dealkylation sites (N-methyl/N-ethyl adjacent to an activating group) is 1. The van der Waals surface area contributed by atoms with Crippen LogP contribution < -0.4 is 19.9 Å². The Morgan fingerprint density at radius 2 is 1.93 bits per heavy atom. The molecule has 154 valence electrons. The van der Waals surface area contributed by atoms with Crippen LogP contribution in [0.25, 0.3) is 0 Å². The van der Waals surface area contributed by atoms with E-state index < -0.39 is 0 Å². The minimum Gasteiger partial charge on any atom is -0.493 e. The van der Waals surface area contributed by atoms with Crippen LogP contribution in [0.5, 0.6) is 5.75 Å². The van der Waals surface area contributed by atoms with E-state index in [0.29, 0.717) is 23.4 Å². The highest BCUT2D eigenvalue weighted by Crippen LogP contribution is 2.42. The maximum absolute atomic E-state index is 13.0. The molecule has 7 heteroatoms. The van der Waals surface area contributed by atoms with Crippen LogP contribution in [-0.2, 0) is 4.79 Å². The number of nitrogens with one attached hydrogen (secondary N) is 1. The number of methoxy groups -OCH3 is 1. The van der Waals surface area contributed by atoms with Gasteiger partial charge in [-0.2, -0.15) is 0 Å². The number of amides is 1. The molecule has 0 spiro atoms. The van der Waals surface area contributed by atoms with Crippen molar-refractivity contribution in [3.05, 3.63) is 30.1 Å². The van der Waals surface area contributed by atoms with Crippen molar-refractivity contribution < 1.29 is 9.53 Å². The first-order chi connectivity index (χ1) is 14.0. The number of nitrogens with zero attached hydrogens (tertiary/aromatic N) is 4. The molecule has 1 atom stereocenters. The van der Waals surface area contributed by atoms with Gasteiger partial charge in [-0.05, 0) is 37.8 Å². The Balaban J connectivity index is 1.74. The van der Waals surface area contributed by atoms with Crippen molar-refractivity contribution in [3.63, 3.8) is 0 Å². The largest absolute Gasteiger partial charge is 0.493 e. The van der Waals surface area contributed by atoms with E-state index >= 15 is 0 Å². The molecule has 1 N–H and O–H groups in total. The van der Waals surface area contributed by atoms with Crippen molar-refractivity contribution in [2.45, 2.75) is 58.0 Å². The SMILES string of the molecule is CC[C@@H]1C(=O)N(C)c2cnc(Nc3ncc(C)cc3OC)cc2N1C1CCCC1. The lowest BCUT2D eigenvalue weighted by Crippen LogP contribution is -2.55. The summed E-state index contributed by atoms with van der Waals surface area (Å²) < 4.78 is 5.46. The van der Waals surface area contributed by atoms with E-state index in [0.717, 1.165) is 36.2 Å². The van der Waals surface area contributed by atoms with Crippen molar-refractivity contribution in [2.75, 3.05) is 29.3 Å². The number of carbonyl (C=O) groups excluding carboxylic acids is 1. The molecule has 2 aromatic rings. The van der Waals surface area contributed by atoms with Gasteiger partial charge in [0.1, 0.15) is 11.9 Å². The zero-order valence-electron chi connectivity index (χ0n) is 17.6. The molecule has 1 fully saturated rings. The van der Waals surface area contributed by atoms with Gasteiger partial charge in [0, 0.05) is 25.4 Å². The second kappa shape index (κ2) is 7.89. The number of anilines is 4. The summed E-state index contributed by atoms with van der Waals surface area (Å²) in [7, 11) is 3.48. The van der Waals surface area contributed by atoms with E-state index in [9.17, 15) is 4.79 Å². The zero-order valence-corrected chi connectivity index (χ0v) is 17.6. The number of hydrogen-bond acceptors (Lipinski definition) is 6. The fourth-order valence-corrected chi connectivity index (χ4v) is 4.52. The number of aryl methyl sites for hydroxylation is 1. The quantitative estimate of drug-likeness (QED) is 0.824. The fraction of sp³-hybridized carbons (Fsp3) is 0.500. The molecule has 1 amide bonds. The molecular formula is C22H29N5O2. The second-order valence-electron chi connectivity index (χ2n) is 7.91. The van der Waals surface area contributed by atoms with Crippen LogP contribution in [-0.4, -0.2) is 42.1 Å². The fourth-order valence-electron chi connectivity index (χ4n) is 4.52. The lowest BCUT2D eigenvalue weighted by atomic mass is 10.0. The van der Waals surface area contributed by atoms with Gasteiger partial charge in [0.25, 0.3) is 0 Å². The zero-order chi connectivity index (χ0) is 20.5. The van der Waals surface area contributed by atoms with Gasteiger partial charge in [0.15, 0.2) is 11.6 Å². The normalized spacial score (nSPS) is 19.4. The molecule has 0 bridgehead atoms. The minimum absolute atomic E-state index is 0.127. The number of hydrogen-bond donors (Lipinski definition) is 1. The van der Waals surface area contributed by atoms with Crippen molar-refractivity contribution in [1.82, 2.24) is 9.97 Å². The van der Waals surface area contributed by atoms with Gasteiger partial charge in [-0.1, -0.05) is 19.8 Å². The highest BCUT2D eigenvalue weighted by molar-refractivity contribution is 6.05. The Morgan fingerprint density at radius 3 is 2.62 bits per heavy atom. The summed E-state index contributed by atoms with van der Waals surface area (Å²) >= 11 is 0. The summed E-state index contributed by atoms with van der Waals surface area (Å²) in [4.78, 5) is 26.1. The molecule has 4 rings (SSSR count). The van der Waals surface area contributed by atoms with E-state index in [2.05, 4.69) is 27.1 Å². The second-order valence-corrected chi connectivity index (χ2v) is 7.91. The Morgan fingerprint density at radius 1 is 1.17 bits per heavy atom. The molecular weight excluding hydrogens is 366 g/mol. The molecule has 0 aromatic carbocycles. The van der Waals surface area contributed by atoms with Gasteiger partial charge in [-0.15, -0.1) is 0 Å². The van der Waals surface area contributed by atoms with Crippen molar-refractivity contribution in [1.29, 1.82) is 0 Å². The van der Waals surface area contributed by atoms with E-state index in [1.807, 2.05) is 26.1 Å². The Bertz CT molecular complexity index is 910. The van der Waals surface area contributed by atoms with Crippen LogP contribution in [0.2, 0.25) is 0 Å². The van der Waals surface area contributed by atoms with Crippen molar-refractivity contribution >= 4 is 28.9 Å². The summed E-state index contributed by atoms with van der Waals surface area (Å²) in [5.41, 5.74) is 2.96. The average molecular weight is 396 g/mol. The smallest absolute Gasteiger partial charge is 0.249 e. The Labute approximate surface area is 172 Å².